The van der Waals surface area contributed by atoms with Gasteiger partial charge in [-0.05, 0) is 103 Å². The molecule has 0 unspecified atom stereocenters. The zero-order valence-corrected chi connectivity index (χ0v) is 45.6. The number of ether oxygens (including phenoxy) is 9. The third kappa shape index (κ3) is 9.86. The molecule has 3 heterocycles. The van der Waals surface area contributed by atoms with E-state index < -0.39 is 157 Å². The zero-order valence-electron chi connectivity index (χ0n) is 45.6. The molecule has 0 amide bonds. The highest BCUT2D eigenvalue weighted by Gasteiger charge is 2.73. The molecule has 0 spiro atoms. The van der Waals surface area contributed by atoms with Gasteiger partial charge in [-0.15, -0.1) is 0 Å². The predicted molar refractivity (Wildman–Crippen MR) is 261 cm³/mol. The van der Waals surface area contributed by atoms with E-state index in [1.807, 2.05) is 0 Å². The van der Waals surface area contributed by atoms with Crippen LogP contribution in [0.5, 0.6) is 0 Å². The van der Waals surface area contributed by atoms with Gasteiger partial charge in [0.15, 0.2) is 25.0 Å². The van der Waals surface area contributed by atoms with Gasteiger partial charge < -0.3 is 88.6 Å². The maximum atomic E-state index is 13.2. The van der Waals surface area contributed by atoms with Crippen molar-refractivity contribution in [3.8, 4) is 0 Å². The Kier molecular flexibility index (Phi) is 16.5. The SMILES string of the molecule is CC(=O)OC[C@]12[C@@H](OC(C)=O)CC(C)(C)C[C@H]1C1=CC[C@@H]3[C@@]4(C)CC[C@H](O[C@@H]5O[C@H](C(=O)O)[C@@H](O)[C@H](O)[C@H]5O[C@@H]5O[C@H](CO)[C@@H](O)[C@H](O)[C@H]5O[C@@H]5O[C@@H](C)[C@H](O)[C@@H](O)[C@H]5O)C(C)(C)[C@@H]4CC[C@@]3(C)[C@]1(C)C[C@@H]2OC(C)=O. The third-order valence-electron chi connectivity index (χ3n) is 20.2. The molecule has 22 heteroatoms. The molecule has 8 rings (SSSR count). The predicted octanol–water partition coefficient (Wildman–Crippen LogP) is 1.39. The lowest BCUT2D eigenvalue weighted by Crippen LogP contribution is -2.70. The second kappa shape index (κ2) is 21.2. The highest BCUT2D eigenvalue weighted by atomic mass is 16.8. The molecule has 0 aromatic heterocycles. The molecule has 9 N–H and O–H groups in total. The molecule has 3 saturated heterocycles. The fourth-order valence-electron chi connectivity index (χ4n) is 16.2. The Labute approximate surface area is 443 Å². The number of carboxylic acids is 1. The molecule has 22 nitrogen and oxygen atoms in total. The number of carbonyl (C=O) groups excluding carboxylic acids is 3. The summed E-state index contributed by atoms with van der Waals surface area (Å²) in [6, 6.07) is 0. The number of carboxylic acid groups (broad SMARTS) is 1. The van der Waals surface area contributed by atoms with Gasteiger partial charge in [0.1, 0.15) is 79.9 Å². The Morgan fingerprint density at radius 3 is 1.82 bits per heavy atom. The van der Waals surface area contributed by atoms with Crippen LogP contribution in [0.2, 0.25) is 0 Å². The van der Waals surface area contributed by atoms with E-state index in [0.717, 1.165) is 6.42 Å². The third-order valence-corrected chi connectivity index (χ3v) is 20.2. The van der Waals surface area contributed by atoms with E-state index in [1.54, 1.807) is 0 Å². The Balaban J connectivity index is 1.10. The van der Waals surface area contributed by atoms with Crippen LogP contribution in [-0.4, -0.2) is 193 Å². The first-order valence-electron chi connectivity index (χ1n) is 27.0. The number of hydrogen-bond acceptors (Lipinski definition) is 21. The van der Waals surface area contributed by atoms with E-state index in [1.165, 1.54) is 33.3 Å². The van der Waals surface area contributed by atoms with Crippen molar-refractivity contribution in [3.63, 3.8) is 0 Å². The van der Waals surface area contributed by atoms with Crippen LogP contribution in [0.15, 0.2) is 11.6 Å². The molecule has 5 aliphatic carbocycles. The van der Waals surface area contributed by atoms with Gasteiger partial charge >= 0.3 is 23.9 Å². The molecule has 0 aromatic carbocycles. The first-order chi connectivity index (χ1) is 35.3. The van der Waals surface area contributed by atoms with Gasteiger partial charge in [-0.3, -0.25) is 14.4 Å². The van der Waals surface area contributed by atoms with Crippen LogP contribution in [-0.2, 0) is 61.8 Å². The summed E-state index contributed by atoms with van der Waals surface area (Å²) in [5.74, 6) is -3.32. The van der Waals surface area contributed by atoms with Gasteiger partial charge in [0.2, 0.25) is 0 Å². The van der Waals surface area contributed by atoms with E-state index >= 15 is 0 Å². The van der Waals surface area contributed by atoms with Gasteiger partial charge in [-0.2, -0.15) is 0 Å². The summed E-state index contributed by atoms with van der Waals surface area (Å²) in [5.41, 5.74) is -2.14. The minimum absolute atomic E-state index is 0.0263. The van der Waals surface area contributed by atoms with Gasteiger partial charge in [-0.25, -0.2) is 4.79 Å². The van der Waals surface area contributed by atoms with Crippen LogP contribution in [0, 0.1) is 50.2 Å². The van der Waals surface area contributed by atoms with Crippen LogP contribution in [0.3, 0.4) is 0 Å². The molecule has 76 heavy (non-hydrogen) atoms. The summed E-state index contributed by atoms with van der Waals surface area (Å²) >= 11 is 0. The van der Waals surface area contributed by atoms with E-state index in [0.29, 0.717) is 44.9 Å². The van der Waals surface area contributed by atoms with Crippen molar-refractivity contribution in [3.05, 3.63) is 11.6 Å². The Hall–Kier alpha value is -2.94. The standard InChI is InChI=1S/C54H84O22/c1-23-35(59)37(61)41(65)46(69-23)75-43-38(62)36(60)29(21-55)72-47(43)76-44-40(64)39(63)42(45(66)67)74-48(44)73-32-15-16-51(9)30(50(32,7)8)14-17-52(10)31(51)13-12-27-28-18-49(5,6)19-33(70-25(3)57)54(28,22-68-24(2)56)34(71-26(4)58)20-53(27,52)11/h12,23,28-44,46-48,55,59-65H,13-22H2,1-11H3,(H,66,67)/t23-,28-,29+,30-,31+,32-,33-,34-,35-,36+,37+,38-,39-,40-,41+,42-,43+,44+,46-,47-,48+,51-,52+,53+,54+/m0/s1. The van der Waals surface area contributed by atoms with Crippen molar-refractivity contribution in [2.45, 2.75) is 238 Å². The summed E-state index contributed by atoms with van der Waals surface area (Å²) in [5, 5.41) is 97.3. The molecule has 7 fully saturated rings. The highest BCUT2D eigenvalue weighted by Crippen LogP contribution is 2.76. The lowest BCUT2D eigenvalue weighted by atomic mass is 9.33. The first-order valence-corrected chi connectivity index (χ1v) is 27.0. The average molecular weight is 1090 g/mol. The molecule has 25 atom stereocenters. The van der Waals surface area contributed by atoms with Crippen molar-refractivity contribution >= 4 is 23.9 Å². The smallest absolute Gasteiger partial charge is 0.335 e. The number of aliphatic hydroxyl groups excluding tert-OH is 8. The van der Waals surface area contributed by atoms with Crippen molar-refractivity contribution in [2.75, 3.05) is 13.2 Å². The lowest BCUT2D eigenvalue weighted by molar-refractivity contribution is -0.395. The molecule has 3 aliphatic heterocycles. The van der Waals surface area contributed by atoms with Crippen molar-refractivity contribution < 1.29 is 108 Å². The molecule has 0 aromatic rings. The Bertz CT molecular complexity index is 2200. The van der Waals surface area contributed by atoms with Crippen molar-refractivity contribution in [2.24, 2.45) is 50.2 Å². The molecular weight excluding hydrogens is 1000 g/mol. The van der Waals surface area contributed by atoms with E-state index in [4.69, 9.17) is 42.6 Å². The number of aliphatic carboxylic acids is 1. The molecule has 8 aliphatic rings. The number of fused-ring (bicyclic) bond motifs is 7. The Morgan fingerprint density at radius 1 is 0.632 bits per heavy atom. The number of esters is 3. The highest BCUT2D eigenvalue weighted by molar-refractivity contribution is 5.73. The van der Waals surface area contributed by atoms with Gasteiger partial charge in [-0.1, -0.05) is 60.1 Å². The zero-order chi connectivity index (χ0) is 56.2. The summed E-state index contributed by atoms with van der Waals surface area (Å²) in [6.45, 7) is 19.9. The summed E-state index contributed by atoms with van der Waals surface area (Å²) in [7, 11) is 0. The molecule has 432 valence electrons. The first kappa shape index (κ1) is 59.2. The fraction of sp³-hybridized carbons (Fsp3) is 0.889. The van der Waals surface area contributed by atoms with Crippen LogP contribution in [0.25, 0.3) is 0 Å². The number of hydrogen-bond donors (Lipinski definition) is 9. The lowest BCUT2D eigenvalue weighted by Gasteiger charge is -2.72. The van der Waals surface area contributed by atoms with Crippen LogP contribution in [0.4, 0.5) is 0 Å². The number of rotatable bonds is 12. The van der Waals surface area contributed by atoms with Crippen molar-refractivity contribution in [1.29, 1.82) is 0 Å². The molecule has 4 saturated carbocycles. The van der Waals surface area contributed by atoms with Crippen molar-refractivity contribution in [1.82, 2.24) is 0 Å². The van der Waals surface area contributed by atoms with Crippen LogP contribution < -0.4 is 0 Å². The summed E-state index contributed by atoms with van der Waals surface area (Å²) < 4.78 is 54.9. The largest absolute Gasteiger partial charge is 0.479 e. The maximum Gasteiger partial charge on any atom is 0.335 e. The molecular formula is C54H84O22. The number of aliphatic hydroxyl groups is 8. The molecule has 0 bridgehead atoms. The van der Waals surface area contributed by atoms with E-state index in [9.17, 15) is 65.1 Å². The maximum absolute atomic E-state index is 13.2. The van der Waals surface area contributed by atoms with Gasteiger partial charge in [0.05, 0.1) is 24.2 Å². The van der Waals surface area contributed by atoms with Gasteiger partial charge in [0.25, 0.3) is 0 Å². The van der Waals surface area contributed by atoms with Crippen LogP contribution >= 0.6 is 0 Å². The summed E-state index contributed by atoms with van der Waals surface area (Å²) in [6.07, 6.45) is -21.6. The minimum Gasteiger partial charge on any atom is -0.479 e. The number of allylic oxidation sites excluding steroid dienone is 2. The topological polar surface area (TPSA) is 333 Å². The second-order valence-corrected chi connectivity index (χ2v) is 25.5. The van der Waals surface area contributed by atoms with E-state index in [-0.39, 0.29) is 40.6 Å². The number of carbonyl (C=O) groups is 4. The Morgan fingerprint density at radius 2 is 1.22 bits per heavy atom. The minimum atomic E-state index is -2.08. The quantitative estimate of drug-likeness (QED) is 0.0577. The fourth-order valence-corrected chi connectivity index (χ4v) is 16.2. The molecule has 0 radical (unpaired) electrons. The second-order valence-electron chi connectivity index (χ2n) is 25.5. The van der Waals surface area contributed by atoms with Crippen LogP contribution in [0.1, 0.15) is 128 Å². The summed E-state index contributed by atoms with van der Waals surface area (Å²) in [4.78, 5) is 51.3. The average Bonchev–Trinajstić information content (AvgIpc) is 3.44. The van der Waals surface area contributed by atoms with E-state index in [2.05, 4.69) is 54.5 Å². The van der Waals surface area contributed by atoms with Gasteiger partial charge in [0, 0.05) is 20.8 Å². The normalized spacial score (nSPS) is 49.6. The monoisotopic (exact) mass is 1080 g/mol.